The number of ether oxygens (including phenoxy) is 3. The van der Waals surface area contributed by atoms with E-state index in [4.69, 9.17) is 19.9 Å². The molecule has 0 saturated carbocycles. The Hall–Kier alpha value is -5.32. The smallest absolute Gasteiger partial charge is 0.407 e. The van der Waals surface area contributed by atoms with E-state index in [0.717, 1.165) is 11.1 Å². The number of carbonyl (C=O) groups is 5. The van der Waals surface area contributed by atoms with Gasteiger partial charge >= 0.3 is 18.0 Å². The second kappa shape index (κ2) is 22.6. The molecule has 0 spiro atoms. The minimum absolute atomic E-state index is 0.00455. The van der Waals surface area contributed by atoms with E-state index in [2.05, 4.69) is 20.7 Å². The average Bonchev–Trinajstić information content (AvgIpc) is 3.18. The minimum atomic E-state index is -3.80. The molecule has 0 unspecified atom stereocenters. The molecule has 0 bridgehead atoms. The Morgan fingerprint density at radius 3 is 1.97 bits per heavy atom. The molecule has 0 aliphatic rings. The van der Waals surface area contributed by atoms with E-state index in [0.29, 0.717) is 18.4 Å². The Morgan fingerprint density at radius 2 is 1.36 bits per heavy atom. The number of nitrogens with one attached hydrogen (secondary N) is 4. The number of esters is 2. The van der Waals surface area contributed by atoms with Crippen molar-refractivity contribution in [2.75, 3.05) is 20.2 Å². The number of alkyl carbamates (subject to hydrolysis) is 1. The molecule has 0 radical (unpaired) electrons. The van der Waals surface area contributed by atoms with Crippen LogP contribution in [-0.2, 0) is 56.4 Å². The van der Waals surface area contributed by atoms with Crippen LogP contribution in [0.25, 0.3) is 0 Å². The van der Waals surface area contributed by atoms with Crippen molar-refractivity contribution < 1.29 is 46.6 Å². The third kappa shape index (κ3) is 15.9. The molecule has 3 aromatic carbocycles. The number of amides is 3. The van der Waals surface area contributed by atoms with E-state index < -0.39 is 63.1 Å². The van der Waals surface area contributed by atoms with E-state index in [9.17, 15) is 32.4 Å². The molecule has 16 heteroatoms. The molecule has 0 aliphatic carbocycles. The summed E-state index contributed by atoms with van der Waals surface area (Å²) in [6.07, 6.45) is 0.514. The second-order valence-corrected chi connectivity index (χ2v) is 16.7. The Balaban J connectivity index is 1.68. The van der Waals surface area contributed by atoms with Crippen LogP contribution in [0.15, 0.2) is 89.8 Å². The van der Waals surface area contributed by atoms with Crippen molar-refractivity contribution in [3.63, 3.8) is 0 Å². The van der Waals surface area contributed by atoms with Gasteiger partial charge in [0.15, 0.2) is 5.54 Å². The first-order chi connectivity index (χ1) is 27.4. The van der Waals surface area contributed by atoms with Crippen LogP contribution in [-0.4, -0.2) is 81.7 Å². The molecule has 58 heavy (non-hydrogen) atoms. The molecule has 0 saturated heterocycles. The zero-order chi connectivity index (χ0) is 42.8. The van der Waals surface area contributed by atoms with Gasteiger partial charge in [0.05, 0.1) is 12.0 Å². The van der Waals surface area contributed by atoms with Crippen LogP contribution in [0, 0.1) is 6.92 Å². The highest BCUT2D eigenvalue weighted by atomic mass is 32.2. The maximum Gasteiger partial charge on any atom is 0.407 e. The molecule has 3 amide bonds. The van der Waals surface area contributed by atoms with Gasteiger partial charge in [-0.3, -0.25) is 9.59 Å². The molecule has 3 rings (SSSR count). The third-order valence-electron chi connectivity index (χ3n) is 8.90. The molecule has 0 fully saturated rings. The van der Waals surface area contributed by atoms with Crippen molar-refractivity contribution in [2.24, 2.45) is 5.73 Å². The average molecular weight is 824 g/mol. The molecule has 15 nitrogen and oxygen atoms in total. The van der Waals surface area contributed by atoms with E-state index >= 15 is 0 Å². The molecular weight excluding hydrogens is 767 g/mol. The molecule has 6 N–H and O–H groups in total. The predicted octanol–water partition coefficient (Wildman–Crippen LogP) is 3.96. The van der Waals surface area contributed by atoms with Crippen LogP contribution >= 0.6 is 0 Å². The zero-order valence-electron chi connectivity index (χ0n) is 33.9. The lowest BCUT2D eigenvalue weighted by Gasteiger charge is -2.32. The van der Waals surface area contributed by atoms with Crippen LogP contribution in [0.4, 0.5) is 4.79 Å². The minimum Gasteiger partial charge on any atom is -0.467 e. The molecule has 0 heterocycles. The summed E-state index contributed by atoms with van der Waals surface area (Å²) in [7, 11) is -2.61. The summed E-state index contributed by atoms with van der Waals surface area (Å²) >= 11 is 0. The molecule has 3 aromatic rings. The quantitative estimate of drug-likeness (QED) is 0.0423. The fourth-order valence-corrected chi connectivity index (χ4v) is 6.74. The monoisotopic (exact) mass is 823 g/mol. The van der Waals surface area contributed by atoms with Crippen molar-refractivity contribution >= 4 is 39.9 Å². The lowest BCUT2D eigenvalue weighted by Crippen LogP contribution is -2.64. The summed E-state index contributed by atoms with van der Waals surface area (Å²) < 4.78 is 43.8. The number of methoxy groups -OCH3 is 1. The number of benzene rings is 3. The van der Waals surface area contributed by atoms with Gasteiger partial charge in [0.1, 0.15) is 24.3 Å². The van der Waals surface area contributed by atoms with Gasteiger partial charge in [0.25, 0.3) is 5.91 Å². The van der Waals surface area contributed by atoms with Crippen molar-refractivity contribution in [1.82, 2.24) is 20.7 Å². The molecule has 3 atom stereocenters. The summed E-state index contributed by atoms with van der Waals surface area (Å²) in [5.41, 5.74) is 5.71. The SMILES string of the molecule is COC(=O)[C@H](CCCCNC(=O)OCc1ccccc1)NC(=O)[C@H](Cc1ccccc1)NC(=O)[C@](N)(CCCCNS(=O)(=O)c1ccc(C)cc1)C(=O)OC(C)(C)C. The van der Waals surface area contributed by atoms with Crippen LogP contribution in [0.5, 0.6) is 0 Å². The highest BCUT2D eigenvalue weighted by Crippen LogP contribution is 2.20. The topological polar surface area (TPSA) is 221 Å². The van der Waals surface area contributed by atoms with Crippen molar-refractivity contribution in [3.8, 4) is 0 Å². The largest absolute Gasteiger partial charge is 0.467 e. The van der Waals surface area contributed by atoms with Gasteiger partial charge < -0.3 is 35.9 Å². The van der Waals surface area contributed by atoms with Gasteiger partial charge in [0.2, 0.25) is 15.9 Å². The van der Waals surface area contributed by atoms with Gasteiger partial charge in [-0.2, -0.15) is 0 Å². The first-order valence-electron chi connectivity index (χ1n) is 19.2. The summed E-state index contributed by atoms with van der Waals surface area (Å²) in [4.78, 5) is 66.6. The number of sulfonamides is 1. The normalized spacial score (nSPS) is 13.6. The molecule has 316 valence electrons. The van der Waals surface area contributed by atoms with Gasteiger partial charge in [-0.25, -0.2) is 27.5 Å². The van der Waals surface area contributed by atoms with Crippen LogP contribution in [0.1, 0.15) is 76.0 Å². The molecular formula is C42H57N5O10S. The Kier molecular flexibility index (Phi) is 18.3. The van der Waals surface area contributed by atoms with Gasteiger partial charge in [-0.15, -0.1) is 0 Å². The number of unbranched alkanes of at least 4 members (excludes halogenated alkanes) is 2. The number of nitrogens with two attached hydrogens (primary N) is 1. The standard InChI is InChI=1S/C42H57N5O10S/c1-30-21-23-33(24-22-30)58(53,54)45-27-15-13-25-42(43,39(51)57-41(2,3)4)38(50)47-35(28-31-16-8-6-9-17-31)36(48)46-34(37(49)55-5)20-12-14-26-44-40(52)56-29-32-18-10-7-11-19-32/h6-11,16-19,21-24,34-35,45H,12-15,20,25-29,43H2,1-5H3,(H,44,52)(H,46,48)(H,47,50)/t34-,35-,42+/m0/s1. The summed E-state index contributed by atoms with van der Waals surface area (Å²) in [6.45, 7) is 7.08. The Labute approximate surface area is 341 Å². The van der Waals surface area contributed by atoms with Crippen LogP contribution < -0.4 is 26.4 Å². The van der Waals surface area contributed by atoms with E-state index in [1.54, 1.807) is 63.2 Å². The third-order valence-corrected chi connectivity index (χ3v) is 10.4. The summed E-state index contributed by atoms with van der Waals surface area (Å²) in [5, 5.41) is 7.97. The second-order valence-electron chi connectivity index (χ2n) is 14.9. The number of hydrogen-bond acceptors (Lipinski definition) is 11. The van der Waals surface area contributed by atoms with Gasteiger partial charge in [0, 0.05) is 19.5 Å². The van der Waals surface area contributed by atoms with Gasteiger partial charge in [-0.1, -0.05) is 78.4 Å². The van der Waals surface area contributed by atoms with Crippen molar-refractivity contribution in [3.05, 3.63) is 102 Å². The predicted molar refractivity (Wildman–Crippen MR) is 217 cm³/mol. The highest BCUT2D eigenvalue weighted by Gasteiger charge is 2.46. The lowest BCUT2D eigenvalue weighted by atomic mass is 9.91. The number of hydrogen-bond donors (Lipinski definition) is 5. The Bertz CT molecular complexity index is 1910. The highest BCUT2D eigenvalue weighted by molar-refractivity contribution is 7.89. The fraction of sp³-hybridized carbons (Fsp3) is 0.452. The van der Waals surface area contributed by atoms with Crippen LogP contribution in [0.3, 0.4) is 0 Å². The van der Waals surface area contributed by atoms with Crippen LogP contribution in [0.2, 0.25) is 0 Å². The van der Waals surface area contributed by atoms with Crippen molar-refractivity contribution in [2.45, 2.75) is 107 Å². The number of carbonyl (C=O) groups excluding carboxylic acids is 5. The number of rotatable bonds is 22. The first-order valence-corrected chi connectivity index (χ1v) is 20.7. The van der Waals surface area contributed by atoms with E-state index in [1.165, 1.54) is 19.2 Å². The molecule has 0 aromatic heterocycles. The fourth-order valence-electron chi connectivity index (χ4n) is 5.66. The summed E-state index contributed by atoms with van der Waals surface area (Å²) in [5.74, 6) is -3.46. The first kappa shape index (κ1) is 47.1. The summed E-state index contributed by atoms with van der Waals surface area (Å²) in [6, 6.07) is 22.0. The van der Waals surface area contributed by atoms with E-state index in [1.807, 2.05) is 37.3 Å². The van der Waals surface area contributed by atoms with Gasteiger partial charge in [-0.05, 0) is 89.5 Å². The maximum absolute atomic E-state index is 14.1. The zero-order valence-corrected chi connectivity index (χ0v) is 34.7. The Morgan fingerprint density at radius 1 is 0.759 bits per heavy atom. The number of aryl methyl sites for hydroxylation is 1. The van der Waals surface area contributed by atoms with Crippen molar-refractivity contribution in [1.29, 1.82) is 0 Å². The lowest BCUT2D eigenvalue weighted by molar-refractivity contribution is -0.165. The van der Waals surface area contributed by atoms with E-state index in [-0.39, 0.29) is 56.7 Å². The maximum atomic E-state index is 14.1. The molecule has 0 aliphatic heterocycles.